The fraction of sp³-hybridized carbons (Fsp3) is 0.316. The molecule has 116 valence electrons. The van der Waals surface area contributed by atoms with Crippen LogP contribution in [0.15, 0.2) is 54.6 Å². The Bertz CT molecular complexity index is 615. The monoisotopic (exact) mass is 298 g/mol. The highest BCUT2D eigenvalue weighted by atomic mass is 16.6. The van der Waals surface area contributed by atoms with E-state index in [2.05, 4.69) is 30.7 Å². The second-order valence-electron chi connectivity index (χ2n) is 5.80. The molecule has 0 heterocycles. The standard InChI is InChI=1S/C19H22O3/c1-14(18(20)21-4)22-17-12-10-16(11-13-17)19(2,3)15-8-6-5-7-9-15/h5-14H,1-4H3/t14-/m1/s1. The molecule has 0 aliphatic rings. The van der Waals surface area contributed by atoms with Gasteiger partial charge >= 0.3 is 5.97 Å². The van der Waals surface area contributed by atoms with Gasteiger partial charge in [0.1, 0.15) is 5.75 Å². The van der Waals surface area contributed by atoms with Crippen LogP contribution in [0.4, 0.5) is 0 Å². The van der Waals surface area contributed by atoms with Crippen molar-refractivity contribution in [2.24, 2.45) is 0 Å². The minimum absolute atomic E-state index is 0.0895. The van der Waals surface area contributed by atoms with Gasteiger partial charge in [0.05, 0.1) is 7.11 Å². The number of methoxy groups -OCH3 is 1. The van der Waals surface area contributed by atoms with Crippen LogP contribution >= 0.6 is 0 Å². The Morgan fingerprint density at radius 1 is 0.955 bits per heavy atom. The molecule has 0 aromatic heterocycles. The van der Waals surface area contributed by atoms with Gasteiger partial charge in [-0.05, 0) is 30.2 Å². The van der Waals surface area contributed by atoms with Gasteiger partial charge in [-0.2, -0.15) is 0 Å². The van der Waals surface area contributed by atoms with Gasteiger partial charge in [-0.15, -0.1) is 0 Å². The fourth-order valence-electron chi connectivity index (χ4n) is 2.39. The van der Waals surface area contributed by atoms with Gasteiger partial charge in [-0.25, -0.2) is 4.79 Å². The Kier molecular flexibility index (Phi) is 4.86. The van der Waals surface area contributed by atoms with E-state index in [4.69, 9.17) is 4.74 Å². The highest BCUT2D eigenvalue weighted by molar-refractivity contribution is 5.74. The highest BCUT2D eigenvalue weighted by Gasteiger charge is 2.23. The first-order chi connectivity index (χ1) is 10.4. The van der Waals surface area contributed by atoms with Crippen molar-refractivity contribution in [2.75, 3.05) is 7.11 Å². The summed E-state index contributed by atoms with van der Waals surface area (Å²) >= 11 is 0. The minimum Gasteiger partial charge on any atom is -0.479 e. The summed E-state index contributed by atoms with van der Waals surface area (Å²) in [6.07, 6.45) is -0.613. The fourth-order valence-corrected chi connectivity index (χ4v) is 2.39. The van der Waals surface area contributed by atoms with Gasteiger partial charge in [-0.1, -0.05) is 56.3 Å². The van der Waals surface area contributed by atoms with Crippen LogP contribution in [0.2, 0.25) is 0 Å². The first-order valence-electron chi connectivity index (χ1n) is 7.35. The third-order valence-electron chi connectivity index (χ3n) is 3.92. The minimum atomic E-state index is -0.613. The molecule has 3 nitrogen and oxygen atoms in total. The van der Waals surface area contributed by atoms with Crippen molar-refractivity contribution in [1.82, 2.24) is 0 Å². The molecule has 3 heteroatoms. The van der Waals surface area contributed by atoms with Crippen molar-refractivity contribution >= 4 is 5.97 Å². The van der Waals surface area contributed by atoms with Gasteiger partial charge in [0.15, 0.2) is 6.10 Å². The van der Waals surface area contributed by atoms with Crippen molar-refractivity contribution < 1.29 is 14.3 Å². The molecule has 0 unspecified atom stereocenters. The smallest absolute Gasteiger partial charge is 0.346 e. The second kappa shape index (κ2) is 6.65. The lowest BCUT2D eigenvalue weighted by atomic mass is 9.78. The third-order valence-corrected chi connectivity index (χ3v) is 3.92. The molecule has 22 heavy (non-hydrogen) atoms. The predicted octanol–water partition coefficient (Wildman–Crippen LogP) is 3.95. The zero-order valence-corrected chi connectivity index (χ0v) is 13.5. The quantitative estimate of drug-likeness (QED) is 0.784. The molecule has 0 radical (unpaired) electrons. The normalized spacial score (nSPS) is 12.5. The number of rotatable bonds is 5. The summed E-state index contributed by atoms with van der Waals surface area (Å²) in [7, 11) is 1.35. The molecule has 0 saturated heterocycles. The van der Waals surface area contributed by atoms with E-state index in [1.54, 1.807) is 6.92 Å². The van der Waals surface area contributed by atoms with Gasteiger partial charge in [-0.3, -0.25) is 0 Å². The summed E-state index contributed by atoms with van der Waals surface area (Å²) < 4.78 is 10.2. The molecule has 1 atom stereocenters. The lowest BCUT2D eigenvalue weighted by Crippen LogP contribution is -2.25. The highest BCUT2D eigenvalue weighted by Crippen LogP contribution is 2.32. The molecule has 0 aliphatic carbocycles. The van der Waals surface area contributed by atoms with Gasteiger partial charge in [0.2, 0.25) is 0 Å². The Labute approximate surface area is 131 Å². The van der Waals surface area contributed by atoms with Crippen molar-refractivity contribution in [3.63, 3.8) is 0 Å². The summed E-state index contributed by atoms with van der Waals surface area (Å²) in [5, 5.41) is 0. The first kappa shape index (κ1) is 16.1. The maximum atomic E-state index is 11.4. The van der Waals surface area contributed by atoms with Crippen LogP contribution in [0, 0.1) is 0 Å². The van der Waals surface area contributed by atoms with Crippen LogP contribution in [0.25, 0.3) is 0 Å². The first-order valence-corrected chi connectivity index (χ1v) is 7.35. The van der Waals surface area contributed by atoms with E-state index in [1.165, 1.54) is 18.2 Å². The molecule has 0 bridgehead atoms. The topological polar surface area (TPSA) is 35.5 Å². The predicted molar refractivity (Wildman–Crippen MR) is 87.1 cm³/mol. The number of carbonyl (C=O) groups excluding carboxylic acids is 1. The Morgan fingerprint density at radius 2 is 1.50 bits per heavy atom. The Hall–Kier alpha value is -2.29. The Balaban J connectivity index is 2.17. The third kappa shape index (κ3) is 3.48. The molecule has 0 saturated carbocycles. The zero-order chi connectivity index (χ0) is 16.2. The largest absolute Gasteiger partial charge is 0.479 e. The number of carbonyl (C=O) groups is 1. The summed E-state index contributed by atoms with van der Waals surface area (Å²) in [5.74, 6) is 0.277. The van der Waals surface area contributed by atoms with Crippen molar-refractivity contribution in [2.45, 2.75) is 32.3 Å². The summed E-state index contributed by atoms with van der Waals surface area (Å²) in [6.45, 7) is 6.05. The molecular formula is C19H22O3. The molecule has 2 aromatic carbocycles. The van der Waals surface area contributed by atoms with E-state index in [1.807, 2.05) is 42.5 Å². The SMILES string of the molecule is COC(=O)[C@@H](C)Oc1ccc(C(C)(C)c2ccccc2)cc1. The summed E-state index contributed by atoms with van der Waals surface area (Å²) in [5.41, 5.74) is 2.36. The van der Waals surface area contributed by atoms with Crippen molar-refractivity contribution in [3.05, 3.63) is 65.7 Å². The van der Waals surface area contributed by atoms with Crippen LogP contribution in [0.1, 0.15) is 31.9 Å². The molecule has 0 N–H and O–H groups in total. The van der Waals surface area contributed by atoms with Crippen LogP contribution in [0.5, 0.6) is 5.75 Å². The molecule has 0 amide bonds. The summed E-state index contributed by atoms with van der Waals surface area (Å²) in [4.78, 5) is 11.4. The summed E-state index contributed by atoms with van der Waals surface area (Å²) in [6, 6.07) is 18.2. The average molecular weight is 298 g/mol. The van der Waals surface area contributed by atoms with Crippen LogP contribution in [0.3, 0.4) is 0 Å². The molecule has 0 spiro atoms. The van der Waals surface area contributed by atoms with E-state index in [0.29, 0.717) is 5.75 Å². The van der Waals surface area contributed by atoms with E-state index in [-0.39, 0.29) is 11.4 Å². The number of hydrogen-bond acceptors (Lipinski definition) is 3. The van der Waals surface area contributed by atoms with Gasteiger partial charge in [0.25, 0.3) is 0 Å². The molecule has 0 fully saturated rings. The number of hydrogen-bond donors (Lipinski definition) is 0. The van der Waals surface area contributed by atoms with Crippen LogP contribution < -0.4 is 4.74 Å². The Morgan fingerprint density at radius 3 is 2.05 bits per heavy atom. The van der Waals surface area contributed by atoms with Crippen LogP contribution in [-0.4, -0.2) is 19.2 Å². The maximum Gasteiger partial charge on any atom is 0.346 e. The molecular weight excluding hydrogens is 276 g/mol. The molecule has 0 aliphatic heterocycles. The molecule has 2 aromatic rings. The number of ether oxygens (including phenoxy) is 2. The van der Waals surface area contributed by atoms with Crippen molar-refractivity contribution in [3.8, 4) is 5.75 Å². The van der Waals surface area contributed by atoms with Gasteiger partial charge < -0.3 is 9.47 Å². The zero-order valence-electron chi connectivity index (χ0n) is 13.5. The number of benzene rings is 2. The van der Waals surface area contributed by atoms with E-state index < -0.39 is 6.10 Å². The van der Waals surface area contributed by atoms with Crippen molar-refractivity contribution in [1.29, 1.82) is 0 Å². The van der Waals surface area contributed by atoms with E-state index in [0.717, 1.165) is 0 Å². The maximum absolute atomic E-state index is 11.4. The lowest BCUT2D eigenvalue weighted by molar-refractivity contribution is -0.147. The van der Waals surface area contributed by atoms with E-state index in [9.17, 15) is 4.79 Å². The average Bonchev–Trinajstić information content (AvgIpc) is 2.55. The number of esters is 1. The van der Waals surface area contributed by atoms with Crippen LogP contribution in [-0.2, 0) is 14.9 Å². The molecule has 2 rings (SSSR count). The second-order valence-corrected chi connectivity index (χ2v) is 5.80. The van der Waals surface area contributed by atoms with Gasteiger partial charge in [0, 0.05) is 5.41 Å². The van der Waals surface area contributed by atoms with E-state index >= 15 is 0 Å². The lowest BCUT2D eigenvalue weighted by Gasteiger charge is -2.26.